The van der Waals surface area contributed by atoms with Crippen LogP contribution < -0.4 is 5.32 Å². The quantitative estimate of drug-likeness (QED) is 0.803. The van der Waals surface area contributed by atoms with Crippen LogP contribution in [0, 0.1) is 6.92 Å². The van der Waals surface area contributed by atoms with Crippen molar-refractivity contribution >= 4 is 28.3 Å². The Bertz CT molecular complexity index is 805. The highest BCUT2D eigenvalue weighted by molar-refractivity contribution is 7.09. The number of hydrogen-bond acceptors (Lipinski definition) is 4. The fourth-order valence-electron chi connectivity index (χ4n) is 2.35. The number of nitrogens with zero attached hydrogens (tertiary/aromatic N) is 3. The van der Waals surface area contributed by atoms with Crippen LogP contribution in [0.4, 0.5) is 0 Å². The molecule has 1 amide bonds. The second-order valence-corrected chi connectivity index (χ2v) is 6.51. The molecule has 0 saturated heterocycles. The summed E-state index contributed by atoms with van der Waals surface area (Å²) in [5.41, 5.74) is 2.15. The van der Waals surface area contributed by atoms with E-state index in [1.54, 1.807) is 17.5 Å². The highest BCUT2D eigenvalue weighted by Gasteiger charge is 2.15. The first-order chi connectivity index (χ1) is 10.6. The molecule has 3 aromatic heterocycles. The third-order valence-corrected chi connectivity index (χ3v) is 4.37. The number of thiophene rings is 1. The lowest BCUT2D eigenvalue weighted by Crippen LogP contribution is -2.23. The molecule has 0 atom stereocenters. The van der Waals surface area contributed by atoms with Crippen LogP contribution in [0.3, 0.4) is 0 Å². The van der Waals surface area contributed by atoms with Gasteiger partial charge in [-0.2, -0.15) is 5.10 Å². The molecular weight excluding hydrogens is 296 g/mol. The summed E-state index contributed by atoms with van der Waals surface area (Å²) >= 11 is 1.63. The number of carbonyl (C=O) groups is 1. The zero-order chi connectivity index (χ0) is 15.7. The second kappa shape index (κ2) is 5.88. The van der Waals surface area contributed by atoms with Crippen LogP contribution in [0.1, 0.15) is 40.8 Å². The summed E-state index contributed by atoms with van der Waals surface area (Å²) < 4.78 is 1.87. The van der Waals surface area contributed by atoms with Crippen molar-refractivity contribution in [1.29, 1.82) is 0 Å². The summed E-state index contributed by atoms with van der Waals surface area (Å²) in [5.74, 6) is -0.0994. The Balaban J connectivity index is 1.87. The average Bonchev–Trinajstić information content (AvgIpc) is 3.12. The second-order valence-electron chi connectivity index (χ2n) is 5.48. The van der Waals surface area contributed by atoms with Gasteiger partial charge >= 0.3 is 0 Å². The monoisotopic (exact) mass is 314 g/mol. The maximum atomic E-state index is 12.4. The molecule has 0 aliphatic heterocycles. The predicted molar refractivity (Wildman–Crippen MR) is 88.1 cm³/mol. The Kier molecular flexibility index (Phi) is 3.94. The minimum Gasteiger partial charge on any atom is -0.347 e. The number of carbonyl (C=O) groups excluding carboxylic acids is 1. The Labute approximate surface area is 133 Å². The number of aromatic nitrogens is 3. The number of rotatable bonds is 4. The van der Waals surface area contributed by atoms with Crippen LogP contribution in [-0.4, -0.2) is 20.7 Å². The summed E-state index contributed by atoms with van der Waals surface area (Å²) in [5, 5.41) is 10.2. The molecule has 0 bridgehead atoms. The zero-order valence-corrected chi connectivity index (χ0v) is 13.6. The summed E-state index contributed by atoms with van der Waals surface area (Å²) in [6.07, 6.45) is 1.76. The molecular formula is C16H18N4OS. The molecule has 114 valence electrons. The Hall–Kier alpha value is -2.21. The number of pyridine rings is 1. The first-order valence-electron chi connectivity index (χ1n) is 7.21. The van der Waals surface area contributed by atoms with E-state index in [9.17, 15) is 4.79 Å². The summed E-state index contributed by atoms with van der Waals surface area (Å²) in [6, 6.07) is 6.09. The van der Waals surface area contributed by atoms with Gasteiger partial charge in [0.2, 0.25) is 0 Å². The van der Waals surface area contributed by atoms with Gasteiger partial charge in [0.25, 0.3) is 5.91 Å². The smallest absolute Gasteiger partial charge is 0.253 e. The van der Waals surface area contributed by atoms with E-state index in [-0.39, 0.29) is 11.9 Å². The van der Waals surface area contributed by atoms with E-state index in [4.69, 9.17) is 0 Å². The number of amides is 1. The van der Waals surface area contributed by atoms with Gasteiger partial charge < -0.3 is 5.32 Å². The van der Waals surface area contributed by atoms with E-state index in [0.29, 0.717) is 12.1 Å². The Morgan fingerprint density at radius 1 is 1.45 bits per heavy atom. The van der Waals surface area contributed by atoms with Crippen molar-refractivity contribution in [2.75, 3.05) is 0 Å². The molecule has 0 fully saturated rings. The number of hydrogen-bond donors (Lipinski definition) is 1. The molecule has 0 radical (unpaired) electrons. The van der Waals surface area contributed by atoms with Gasteiger partial charge in [-0.15, -0.1) is 11.3 Å². The van der Waals surface area contributed by atoms with E-state index in [2.05, 4.69) is 29.2 Å². The molecule has 0 aromatic carbocycles. The van der Waals surface area contributed by atoms with Gasteiger partial charge in [0.15, 0.2) is 5.65 Å². The van der Waals surface area contributed by atoms with E-state index < -0.39 is 0 Å². The molecule has 6 heteroatoms. The molecule has 0 spiro atoms. The van der Waals surface area contributed by atoms with Crippen molar-refractivity contribution in [1.82, 2.24) is 20.1 Å². The molecule has 0 aliphatic rings. The van der Waals surface area contributed by atoms with Gasteiger partial charge in [-0.1, -0.05) is 6.07 Å². The van der Waals surface area contributed by atoms with Crippen molar-refractivity contribution in [2.45, 2.75) is 33.4 Å². The first kappa shape index (κ1) is 14.7. The van der Waals surface area contributed by atoms with Crippen LogP contribution in [0.5, 0.6) is 0 Å². The van der Waals surface area contributed by atoms with Gasteiger partial charge in [-0.25, -0.2) is 9.67 Å². The lowest BCUT2D eigenvalue weighted by molar-refractivity contribution is 0.0950. The normalized spacial score (nSPS) is 11.3. The number of nitrogens with one attached hydrogen (secondary N) is 1. The fourth-order valence-corrected chi connectivity index (χ4v) is 2.99. The van der Waals surface area contributed by atoms with E-state index in [0.717, 1.165) is 21.6 Å². The van der Waals surface area contributed by atoms with Crippen molar-refractivity contribution in [3.63, 3.8) is 0 Å². The van der Waals surface area contributed by atoms with E-state index >= 15 is 0 Å². The highest BCUT2D eigenvalue weighted by atomic mass is 32.1. The molecule has 1 N–H and O–H groups in total. The summed E-state index contributed by atoms with van der Waals surface area (Å²) in [6.45, 7) is 6.52. The van der Waals surface area contributed by atoms with E-state index in [1.807, 2.05) is 35.2 Å². The standard InChI is InChI=1S/C16H18N4OS/c1-10(2)20-15-12(8-18-20)7-14(11(3)19-15)16(21)17-9-13-5-4-6-22-13/h4-8,10H,9H2,1-3H3,(H,17,21). The number of aryl methyl sites for hydroxylation is 1. The van der Waals surface area contributed by atoms with Crippen LogP contribution in [0.15, 0.2) is 29.8 Å². The topological polar surface area (TPSA) is 59.8 Å². The number of fused-ring (bicyclic) bond motifs is 1. The lowest BCUT2D eigenvalue weighted by Gasteiger charge is -2.09. The Morgan fingerprint density at radius 3 is 2.95 bits per heavy atom. The predicted octanol–water partition coefficient (Wildman–Crippen LogP) is 3.31. The molecule has 5 nitrogen and oxygen atoms in total. The SMILES string of the molecule is Cc1nc2c(cnn2C(C)C)cc1C(=O)NCc1cccs1. The van der Waals surface area contributed by atoms with Gasteiger partial charge in [0, 0.05) is 16.3 Å². The van der Waals surface area contributed by atoms with Crippen LogP contribution in [0.2, 0.25) is 0 Å². The molecule has 0 saturated carbocycles. The van der Waals surface area contributed by atoms with Crippen molar-refractivity contribution in [3.8, 4) is 0 Å². The van der Waals surface area contributed by atoms with E-state index in [1.165, 1.54) is 0 Å². The summed E-state index contributed by atoms with van der Waals surface area (Å²) in [7, 11) is 0. The van der Waals surface area contributed by atoms with Gasteiger partial charge in [0.05, 0.1) is 24.0 Å². The molecule has 3 rings (SSSR count). The minimum absolute atomic E-state index is 0.0994. The van der Waals surface area contributed by atoms with Crippen LogP contribution >= 0.6 is 11.3 Å². The molecule has 3 aromatic rings. The molecule has 0 aliphatic carbocycles. The van der Waals surface area contributed by atoms with Gasteiger partial charge in [0.1, 0.15) is 0 Å². The summed E-state index contributed by atoms with van der Waals surface area (Å²) in [4.78, 5) is 18.1. The molecule has 0 unspecified atom stereocenters. The average molecular weight is 314 g/mol. The van der Waals surface area contributed by atoms with Crippen LogP contribution in [-0.2, 0) is 6.54 Å². The third-order valence-electron chi connectivity index (χ3n) is 3.50. The van der Waals surface area contributed by atoms with Gasteiger partial charge in [-0.3, -0.25) is 4.79 Å². The maximum Gasteiger partial charge on any atom is 0.253 e. The molecule has 3 heterocycles. The highest BCUT2D eigenvalue weighted by Crippen LogP contribution is 2.19. The van der Waals surface area contributed by atoms with Gasteiger partial charge in [-0.05, 0) is 38.3 Å². The van der Waals surface area contributed by atoms with Crippen molar-refractivity contribution in [2.24, 2.45) is 0 Å². The maximum absolute atomic E-state index is 12.4. The fraction of sp³-hybridized carbons (Fsp3) is 0.312. The van der Waals surface area contributed by atoms with Crippen molar-refractivity contribution < 1.29 is 4.79 Å². The third kappa shape index (κ3) is 2.74. The molecule has 22 heavy (non-hydrogen) atoms. The Morgan fingerprint density at radius 2 is 2.27 bits per heavy atom. The first-order valence-corrected chi connectivity index (χ1v) is 8.09. The van der Waals surface area contributed by atoms with Crippen molar-refractivity contribution in [3.05, 3.63) is 45.9 Å². The van der Waals surface area contributed by atoms with Crippen LogP contribution in [0.25, 0.3) is 11.0 Å². The largest absolute Gasteiger partial charge is 0.347 e. The lowest BCUT2D eigenvalue weighted by atomic mass is 10.1. The minimum atomic E-state index is -0.0994. The zero-order valence-electron chi connectivity index (χ0n) is 12.8.